The van der Waals surface area contributed by atoms with Crippen LogP contribution in [0.5, 0.6) is 0 Å². The molecule has 1 unspecified atom stereocenters. The van der Waals surface area contributed by atoms with Crippen molar-refractivity contribution in [3.8, 4) is 0 Å². The van der Waals surface area contributed by atoms with Crippen molar-refractivity contribution in [2.24, 2.45) is 0 Å². The minimum atomic E-state index is -0.206. The van der Waals surface area contributed by atoms with Gasteiger partial charge < -0.3 is 10.1 Å². The van der Waals surface area contributed by atoms with Gasteiger partial charge in [-0.3, -0.25) is 4.79 Å². The average molecular weight is 293 g/mol. The highest BCUT2D eigenvalue weighted by atomic mass is 32.2. The van der Waals surface area contributed by atoms with E-state index in [1.807, 2.05) is 0 Å². The average Bonchev–Trinajstić information content (AvgIpc) is 3.27. The van der Waals surface area contributed by atoms with Gasteiger partial charge in [0.1, 0.15) is 6.04 Å². The predicted octanol–water partition coefficient (Wildman–Crippen LogP) is 3.20. The predicted molar refractivity (Wildman–Crippen MR) is 83.2 cm³/mol. The fourth-order valence-electron chi connectivity index (χ4n) is 1.99. The molecule has 0 spiro atoms. The van der Waals surface area contributed by atoms with Crippen molar-refractivity contribution in [3.05, 3.63) is 29.8 Å². The number of carbonyl (C=O) groups excluding carboxylic acids is 1. The fraction of sp³-hybridized carbons (Fsp3) is 0.562. The third-order valence-electron chi connectivity index (χ3n) is 3.46. The van der Waals surface area contributed by atoms with E-state index in [1.165, 1.54) is 30.4 Å². The van der Waals surface area contributed by atoms with Crippen LogP contribution >= 0.6 is 11.8 Å². The maximum absolute atomic E-state index is 11.7. The Bertz CT molecular complexity index is 440. The van der Waals surface area contributed by atoms with Gasteiger partial charge in [0.2, 0.25) is 0 Å². The molecule has 1 fully saturated rings. The second-order valence-electron chi connectivity index (χ2n) is 5.55. The van der Waals surface area contributed by atoms with E-state index in [9.17, 15) is 4.79 Å². The molecule has 1 saturated carbocycles. The van der Waals surface area contributed by atoms with Gasteiger partial charge in [-0.25, -0.2) is 0 Å². The second-order valence-corrected chi connectivity index (χ2v) is 6.64. The van der Waals surface area contributed by atoms with E-state index < -0.39 is 0 Å². The van der Waals surface area contributed by atoms with E-state index in [0.29, 0.717) is 17.7 Å². The molecule has 0 aliphatic heterocycles. The third kappa shape index (κ3) is 4.53. The number of methoxy groups -OCH3 is 1. The number of nitrogens with one attached hydrogen (secondary N) is 1. The molecule has 0 saturated heterocycles. The van der Waals surface area contributed by atoms with Gasteiger partial charge in [0.25, 0.3) is 0 Å². The highest BCUT2D eigenvalue weighted by Gasteiger charge is 2.28. The topological polar surface area (TPSA) is 38.3 Å². The standard InChI is InChI=1S/C16H23NO2S/c1-11(2)12-4-8-14(9-5-12)20-10-15(16(18)19-3)17-13-6-7-13/h4-5,8-9,11,13,15,17H,6-7,10H2,1-3H3. The molecule has 1 aromatic carbocycles. The molecule has 1 aliphatic carbocycles. The summed E-state index contributed by atoms with van der Waals surface area (Å²) in [6.07, 6.45) is 2.34. The Labute approximate surface area is 125 Å². The molecule has 1 N–H and O–H groups in total. The Kier molecular flexibility index (Phi) is 5.49. The maximum Gasteiger partial charge on any atom is 0.323 e. The van der Waals surface area contributed by atoms with Gasteiger partial charge in [-0.05, 0) is 36.5 Å². The summed E-state index contributed by atoms with van der Waals surface area (Å²) in [6, 6.07) is 8.88. The van der Waals surface area contributed by atoms with Crippen molar-refractivity contribution in [2.75, 3.05) is 12.9 Å². The van der Waals surface area contributed by atoms with Crippen LogP contribution in [0.1, 0.15) is 38.2 Å². The molecule has 0 heterocycles. The van der Waals surface area contributed by atoms with Crippen molar-refractivity contribution in [1.82, 2.24) is 5.32 Å². The third-order valence-corrected chi connectivity index (χ3v) is 4.57. The first-order valence-electron chi connectivity index (χ1n) is 7.16. The molecule has 1 aromatic rings. The Balaban J connectivity index is 1.88. The van der Waals surface area contributed by atoms with Gasteiger partial charge >= 0.3 is 5.97 Å². The van der Waals surface area contributed by atoms with Crippen LogP contribution in [0.3, 0.4) is 0 Å². The Morgan fingerprint density at radius 1 is 1.35 bits per heavy atom. The zero-order chi connectivity index (χ0) is 14.5. The molecule has 0 bridgehead atoms. The van der Waals surface area contributed by atoms with Crippen molar-refractivity contribution in [1.29, 1.82) is 0 Å². The molecule has 4 heteroatoms. The first-order chi connectivity index (χ1) is 9.60. The van der Waals surface area contributed by atoms with Crippen LogP contribution in [0.2, 0.25) is 0 Å². The number of hydrogen-bond acceptors (Lipinski definition) is 4. The Morgan fingerprint density at radius 3 is 2.50 bits per heavy atom. The van der Waals surface area contributed by atoms with Crippen LogP contribution in [0.4, 0.5) is 0 Å². The molecule has 2 rings (SSSR count). The van der Waals surface area contributed by atoms with Crippen LogP contribution in [-0.2, 0) is 9.53 Å². The molecule has 3 nitrogen and oxygen atoms in total. The molecule has 1 atom stereocenters. The van der Waals surface area contributed by atoms with Crippen molar-refractivity contribution < 1.29 is 9.53 Å². The normalized spacial score (nSPS) is 16.2. The van der Waals surface area contributed by atoms with E-state index in [0.717, 1.165) is 0 Å². The lowest BCUT2D eigenvalue weighted by molar-refractivity contribution is -0.142. The first kappa shape index (κ1) is 15.4. The lowest BCUT2D eigenvalue weighted by Gasteiger charge is -2.16. The lowest BCUT2D eigenvalue weighted by Crippen LogP contribution is -2.40. The summed E-state index contributed by atoms with van der Waals surface area (Å²) in [6.45, 7) is 4.38. The Morgan fingerprint density at radius 2 is 2.00 bits per heavy atom. The quantitative estimate of drug-likeness (QED) is 0.619. The zero-order valence-corrected chi connectivity index (χ0v) is 13.2. The van der Waals surface area contributed by atoms with Gasteiger partial charge in [0, 0.05) is 16.7 Å². The van der Waals surface area contributed by atoms with E-state index in [1.54, 1.807) is 11.8 Å². The summed E-state index contributed by atoms with van der Waals surface area (Å²) in [4.78, 5) is 12.9. The van der Waals surface area contributed by atoms with Crippen LogP contribution in [-0.4, -0.2) is 30.9 Å². The minimum absolute atomic E-state index is 0.164. The number of hydrogen-bond donors (Lipinski definition) is 1. The van der Waals surface area contributed by atoms with Crippen LogP contribution in [0, 0.1) is 0 Å². The number of carbonyl (C=O) groups is 1. The summed E-state index contributed by atoms with van der Waals surface area (Å²) in [7, 11) is 1.45. The van der Waals surface area contributed by atoms with Gasteiger partial charge in [-0.1, -0.05) is 26.0 Å². The van der Waals surface area contributed by atoms with Gasteiger partial charge in [-0.15, -0.1) is 11.8 Å². The minimum Gasteiger partial charge on any atom is -0.468 e. The smallest absolute Gasteiger partial charge is 0.323 e. The van der Waals surface area contributed by atoms with E-state index >= 15 is 0 Å². The molecule has 0 amide bonds. The number of benzene rings is 1. The molecular formula is C16H23NO2S. The highest BCUT2D eigenvalue weighted by Crippen LogP contribution is 2.24. The highest BCUT2D eigenvalue weighted by molar-refractivity contribution is 7.99. The summed E-state index contributed by atoms with van der Waals surface area (Å²) in [5.41, 5.74) is 1.34. The fourth-order valence-corrected chi connectivity index (χ4v) is 2.91. The van der Waals surface area contributed by atoms with Crippen LogP contribution in [0.25, 0.3) is 0 Å². The van der Waals surface area contributed by atoms with Gasteiger partial charge in [0.15, 0.2) is 0 Å². The number of rotatable bonds is 7. The lowest BCUT2D eigenvalue weighted by atomic mass is 10.0. The van der Waals surface area contributed by atoms with Crippen LogP contribution in [0.15, 0.2) is 29.2 Å². The molecule has 0 radical (unpaired) electrons. The summed E-state index contributed by atoms with van der Waals surface area (Å²) >= 11 is 1.70. The molecule has 1 aliphatic rings. The van der Waals surface area contributed by atoms with Crippen LogP contribution < -0.4 is 5.32 Å². The van der Waals surface area contributed by atoms with Gasteiger partial charge in [0.05, 0.1) is 7.11 Å². The molecular weight excluding hydrogens is 270 g/mol. The largest absolute Gasteiger partial charge is 0.468 e. The van der Waals surface area contributed by atoms with Crippen molar-refractivity contribution in [3.63, 3.8) is 0 Å². The van der Waals surface area contributed by atoms with E-state index in [2.05, 4.69) is 43.4 Å². The van der Waals surface area contributed by atoms with Gasteiger partial charge in [-0.2, -0.15) is 0 Å². The number of ether oxygens (including phenoxy) is 1. The molecule has 0 aromatic heterocycles. The SMILES string of the molecule is COC(=O)C(CSc1ccc(C(C)C)cc1)NC1CC1. The van der Waals surface area contributed by atoms with Crippen molar-refractivity contribution >= 4 is 17.7 Å². The van der Waals surface area contributed by atoms with E-state index in [-0.39, 0.29) is 12.0 Å². The zero-order valence-electron chi connectivity index (χ0n) is 12.4. The number of thioether (sulfide) groups is 1. The summed E-state index contributed by atoms with van der Waals surface area (Å²) < 4.78 is 4.87. The maximum atomic E-state index is 11.7. The summed E-state index contributed by atoms with van der Waals surface area (Å²) in [5.74, 6) is 1.10. The van der Waals surface area contributed by atoms with Crippen molar-refractivity contribution in [2.45, 2.75) is 49.6 Å². The first-order valence-corrected chi connectivity index (χ1v) is 8.15. The second kappa shape index (κ2) is 7.14. The number of esters is 1. The Hall–Kier alpha value is -1.00. The summed E-state index contributed by atoms with van der Waals surface area (Å²) in [5, 5.41) is 3.35. The monoisotopic (exact) mass is 293 g/mol. The molecule has 20 heavy (non-hydrogen) atoms. The van der Waals surface area contributed by atoms with E-state index in [4.69, 9.17) is 4.74 Å². The molecule has 110 valence electrons.